The van der Waals surface area contributed by atoms with Gasteiger partial charge in [-0.3, -0.25) is 0 Å². The van der Waals surface area contributed by atoms with Crippen LogP contribution in [0.3, 0.4) is 0 Å². The van der Waals surface area contributed by atoms with Crippen LogP contribution in [0.1, 0.15) is 0 Å². The molecule has 27 heavy (non-hydrogen) atoms. The summed E-state index contributed by atoms with van der Waals surface area (Å²) >= 11 is 5.97. The number of para-hydroxylation sites is 1. The summed E-state index contributed by atoms with van der Waals surface area (Å²) in [5.74, 6) is 0.882. The minimum Gasteiger partial charge on any atom is -0.497 e. The van der Waals surface area contributed by atoms with Crippen LogP contribution in [0.15, 0.2) is 87.0 Å². The van der Waals surface area contributed by atoms with Gasteiger partial charge in [0.15, 0.2) is 5.76 Å². The Bertz CT molecular complexity index is 1210. The maximum Gasteiger partial charge on any atom is 0.211 e. The molecule has 0 amide bonds. The van der Waals surface area contributed by atoms with Crippen molar-refractivity contribution in [1.29, 1.82) is 0 Å². The van der Waals surface area contributed by atoms with Crippen molar-refractivity contribution in [1.82, 2.24) is 0 Å². The lowest BCUT2D eigenvalue weighted by atomic mass is 10.1. The third kappa shape index (κ3) is 3.09. The smallest absolute Gasteiger partial charge is 0.211 e. The summed E-state index contributed by atoms with van der Waals surface area (Å²) in [6.07, 6.45) is 0. The van der Waals surface area contributed by atoms with Gasteiger partial charge in [0, 0.05) is 16.0 Å². The molecular weight excluding hydrogens is 384 g/mol. The van der Waals surface area contributed by atoms with Gasteiger partial charge in [-0.05, 0) is 60.7 Å². The number of furan rings is 1. The number of ether oxygens (including phenoxy) is 1. The molecule has 4 nitrogen and oxygen atoms in total. The first-order chi connectivity index (χ1) is 13.0. The van der Waals surface area contributed by atoms with Gasteiger partial charge in [0.05, 0.1) is 12.0 Å². The maximum atomic E-state index is 13.4. The average molecular weight is 399 g/mol. The Labute approximate surface area is 161 Å². The van der Waals surface area contributed by atoms with Crippen molar-refractivity contribution in [3.8, 4) is 17.1 Å². The molecule has 1 aromatic heterocycles. The summed E-state index contributed by atoms with van der Waals surface area (Å²) in [4.78, 5) is 0.315. The van der Waals surface area contributed by atoms with Crippen molar-refractivity contribution in [3.63, 3.8) is 0 Å². The summed E-state index contributed by atoms with van der Waals surface area (Å²) in [6, 6.07) is 20.3. The van der Waals surface area contributed by atoms with E-state index in [0.29, 0.717) is 33.1 Å². The Kier molecular flexibility index (Phi) is 4.42. The lowest BCUT2D eigenvalue weighted by Gasteiger charge is -2.07. The van der Waals surface area contributed by atoms with Crippen LogP contribution in [0.4, 0.5) is 0 Å². The van der Waals surface area contributed by atoms with E-state index in [1.54, 1.807) is 60.7 Å². The summed E-state index contributed by atoms with van der Waals surface area (Å²) in [5.41, 5.74) is 1.15. The highest BCUT2D eigenvalue weighted by Gasteiger charge is 2.28. The van der Waals surface area contributed by atoms with Crippen LogP contribution in [0, 0.1) is 0 Å². The van der Waals surface area contributed by atoms with Crippen LogP contribution >= 0.6 is 11.6 Å². The molecule has 0 bridgehead atoms. The maximum absolute atomic E-state index is 13.4. The van der Waals surface area contributed by atoms with Crippen molar-refractivity contribution in [3.05, 3.63) is 77.8 Å². The Morgan fingerprint density at radius 1 is 0.889 bits per heavy atom. The van der Waals surface area contributed by atoms with Gasteiger partial charge in [0.1, 0.15) is 16.2 Å². The van der Waals surface area contributed by atoms with Gasteiger partial charge in [-0.15, -0.1) is 0 Å². The van der Waals surface area contributed by atoms with Crippen LogP contribution in [0.5, 0.6) is 5.75 Å². The molecule has 0 aliphatic rings. The number of methoxy groups -OCH3 is 1. The summed E-state index contributed by atoms with van der Waals surface area (Å²) in [7, 11) is -2.28. The van der Waals surface area contributed by atoms with E-state index in [0.717, 1.165) is 0 Å². The fraction of sp³-hybridized carbons (Fsp3) is 0.0476. The van der Waals surface area contributed by atoms with E-state index in [1.165, 1.54) is 19.2 Å². The Hall–Kier alpha value is -2.76. The number of rotatable bonds is 4. The summed E-state index contributed by atoms with van der Waals surface area (Å²) < 4.78 is 37.9. The molecular formula is C21H15ClO4S. The molecule has 0 fully saturated rings. The molecule has 4 rings (SSSR count). The van der Waals surface area contributed by atoms with Gasteiger partial charge in [-0.1, -0.05) is 23.7 Å². The summed E-state index contributed by atoms with van der Waals surface area (Å²) in [6.45, 7) is 0. The van der Waals surface area contributed by atoms with Crippen LogP contribution in [-0.2, 0) is 9.84 Å². The molecule has 0 radical (unpaired) electrons. The average Bonchev–Trinajstić information content (AvgIpc) is 3.09. The van der Waals surface area contributed by atoms with Crippen LogP contribution in [0.2, 0.25) is 5.02 Å². The molecule has 3 aromatic carbocycles. The van der Waals surface area contributed by atoms with Gasteiger partial charge >= 0.3 is 0 Å². The molecule has 0 saturated heterocycles. The van der Waals surface area contributed by atoms with E-state index in [9.17, 15) is 8.42 Å². The van der Waals surface area contributed by atoms with E-state index >= 15 is 0 Å². The van der Waals surface area contributed by atoms with Crippen molar-refractivity contribution in [2.75, 3.05) is 7.11 Å². The molecule has 0 saturated carbocycles. The number of fused-ring (bicyclic) bond motifs is 1. The first-order valence-electron chi connectivity index (χ1n) is 8.17. The highest BCUT2D eigenvalue weighted by Crippen LogP contribution is 2.40. The van der Waals surface area contributed by atoms with Gasteiger partial charge in [-0.2, -0.15) is 0 Å². The Morgan fingerprint density at radius 2 is 1.56 bits per heavy atom. The van der Waals surface area contributed by atoms with E-state index in [2.05, 4.69) is 0 Å². The molecule has 4 aromatic rings. The SMILES string of the molecule is COc1ccc(S(=O)(=O)c2c(-c3ccc(Cl)cc3)oc3ccccc23)cc1. The Balaban J connectivity index is 1.98. The molecule has 6 heteroatoms. The minimum atomic E-state index is -3.82. The van der Waals surface area contributed by atoms with E-state index < -0.39 is 9.84 Å². The van der Waals surface area contributed by atoms with Crippen molar-refractivity contribution in [2.45, 2.75) is 9.79 Å². The molecule has 0 aliphatic heterocycles. The second-order valence-corrected chi connectivity index (χ2v) is 8.27. The zero-order valence-electron chi connectivity index (χ0n) is 14.3. The molecule has 0 N–H and O–H groups in total. The van der Waals surface area contributed by atoms with Crippen LogP contribution < -0.4 is 4.74 Å². The number of hydrogen-bond acceptors (Lipinski definition) is 4. The third-order valence-electron chi connectivity index (χ3n) is 4.29. The predicted molar refractivity (Wildman–Crippen MR) is 105 cm³/mol. The minimum absolute atomic E-state index is 0.144. The normalized spacial score (nSPS) is 11.6. The predicted octanol–water partition coefficient (Wildman–Crippen LogP) is 5.59. The largest absolute Gasteiger partial charge is 0.497 e. The van der Waals surface area contributed by atoms with Crippen molar-refractivity contribution >= 4 is 32.4 Å². The summed E-state index contributed by atoms with van der Waals surface area (Å²) in [5, 5.41) is 1.10. The van der Waals surface area contributed by atoms with Crippen molar-refractivity contribution < 1.29 is 17.6 Å². The number of halogens is 1. The van der Waals surface area contributed by atoms with Gasteiger partial charge in [0.2, 0.25) is 9.84 Å². The van der Waals surface area contributed by atoms with Crippen LogP contribution in [-0.4, -0.2) is 15.5 Å². The molecule has 0 spiro atoms. The van der Waals surface area contributed by atoms with Gasteiger partial charge in [0.25, 0.3) is 0 Å². The highest BCUT2D eigenvalue weighted by molar-refractivity contribution is 7.91. The van der Waals surface area contributed by atoms with Gasteiger partial charge < -0.3 is 9.15 Å². The zero-order valence-corrected chi connectivity index (χ0v) is 15.9. The lowest BCUT2D eigenvalue weighted by molar-refractivity contribution is 0.414. The fourth-order valence-corrected chi connectivity index (χ4v) is 4.67. The first kappa shape index (κ1) is 17.6. The van der Waals surface area contributed by atoms with Crippen molar-refractivity contribution in [2.24, 2.45) is 0 Å². The molecule has 1 heterocycles. The zero-order chi connectivity index (χ0) is 19.0. The monoisotopic (exact) mass is 398 g/mol. The first-order valence-corrected chi connectivity index (χ1v) is 10.0. The third-order valence-corrected chi connectivity index (χ3v) is 6.38. The van der Waals surface area contributed by atoms with E-state index in [1.807, 2.05) is 0 Å². The number of benzene rings is 3. The Morgan fingerprint density at radius 3 is 2.22 bits per heavy atom. The van der Waals surface area contributed by atoms with E-state index in [-0.39, 0.29) is 9.79 Å². The van der Waals surface area contributed by atoms with Crippen LogP contribution in [0.25, 0.3) is 22.3 Å². The number of hydrogen-bond donors (Lipinski definition) is 0. The standard InChI is InChI=1S/C21H15ClO4S/c1-25-16-10-12-17(13-11-16)27(23,24)21-18-4-2-3-5-19(18)26-20(21)14-6-8-15(22)9-7-14/h2-13H,1H3. The molecule has 0 atom stereocenters. The molecule has 0 aliphatic carbocycles. The molecule has 0 unspecified atom stereocenters. The second-order valence-electron chi connectivity index (χ2n) is 5.94. The van der Waals surface area contributed by atoms with Gasteiger partial charge in [-0.25, -0.2) is 8.42 Å². The quantitative estimate of drug-likeness (QED) is 0.449. The lowest BCUT2D eigenvalue weighted by Crippen LogP contribution is -2.03. The highest BCUT2D eigenvalue weighted by atomic mass is 35.5. The van der Waals surface area contributed by atoms with E-state index in [4.69, 9.17) is 20.8 Å². The number of sulfone groups is 1. The topological polar surface area (TPSA) is 56.5 Å². The second kappa shape index (κ2) is 6.76. The fourth-order valence-electron chi connectivity index (χ4n) is 2.95. The molecule has 136 valence electrons.